The molecule has 2 heterocycles. The second-order valence-electron chi connectivity index (χ2n) is 8.88. The van der Waals surface area contributed by atoms with E-state index in [-0.39, 0.29) is 30.8 Å². The highest BCUT2D eigenvalue weighted by Gasteiger charge is 2.28. The summed E-state index contributed by atoms with van der Waals surface area (Å²) < 4.78 is 4.82. The average molecular weight is 528 g/mol. The quantitative estimate of drug-likeness (QED) is 0.282. The Kier molecular flexibility index (Phi) is 9.16. The first kappa shape index (κ1) is 27.2. The Morgan fingerprint density at radius 1 is 1.08 bits per heavy atom. The fraction of sp³-hybridized carbons (Fsp3) is 0.286. The summed E-state index contributed by atoms with van der Waals surface area (Å²) in [6.07, 6.45) is 3.07. The van der Waals surface area contributed by atoms with Crippen LogP contribution in [0.4, 0.5) is 17.3 Å². The largest absolute Gasteiger partial charge is 0.468 e. The van der Waals surface area contributed by atoms with E-state index in [2.05, 4.69) is 25.9 Å². The summed E-state index contributed by atoms with van der Waals surface area (Å²) in [5, 5.41) is 17.5. The SMILES string of the molecule is COC(=O)CN(C(=O)C1CCNCC1)c1ccc(Nc2nccc(-c3ccc(C(=O)NCC#N)cc3)n2)cc1. The van der Waals surface area contributed by atoms with E-state index in [1.807, 2.05) is 6.07 Å². The predicted molar refractivity (Wildman–Crippen MR) is 145 cm³/mol. The molecule has 2 aromatic carbocycles. The second-order valence-corrected chi connectivity index (χ2v) is 8.88. The number of ether oxygens (including phenoxy) is 1. The van der Waals surface area contributed by atoms with Crippen LogP contribution >= 0.6 is 0 Å². The highest BCUT2D eigenvalue weighted by atomic mass is 16.5. The summed E-state index contributed by atoms with van der Waals surface area (Å²) >= 11 is 0. The molecule has 3 N–H and O–H groups in total. The molecule has 1 aliphatic rings. The van der Waals surface area contributed by atoms with Crippen molar-refractivity contribution in [2.75, 3.05) is 43.5 Å². The summed E-state index contributed by atoms with van der Waals surface area (Å²) in [6, 6.07) is 17.6. The zero-order valence-electron chi connectivity index (χ0n) is 21.5. The molecule has 39 heavy (non-hydrogen) atoms. The standard InChI is InChI=1S/C28H29N7O4/c1-39-25(36)18-35(27(38)21-10-14-30-15-11-21)23-8-6-22(7-9-23)33-28-32-16-12-24(34-28)19-2-4-20(5-3-19)26(37)31-17-13-29/h2-9,12,16,21,30H,10-11,14-15,17-18H2,1H3,(H,31,37)(H,32,33,34). The van der Waals surface area contributed by atoms with Gasteiger partial charge in [0, 0.05) is 34.6 Å². The van der Waals surface area contributed by atoms with Crippen molar-refractivity contribution in [2.45, 2.75) is 12.8 Å². The minimum Gasteiger partial charge on any atom is -0.468 e. The van der Waals surface area contributed by atoms with Crippen LogP contribution in [0.2, 0.25) is 0 Å². The minimum absolute atomic E-state index is 0.0552. The zero-order valence-corrected chi connectivity index (χ0v) is 21.5. The maximum atomic E-state index is 13.2. The van der Waals surface area contributed by atoms with E-state index in [1.165, 1.54) is 12.0 Å². The van der Waals surface area contributed by atoms with Gasteiger partial charge in [0.1, 0.15) is 13.1 Å². The predicted octanol–water partition coefficient (Wildman–Crippen LogP) is 2.65. The maximum absolute atomic E-state index is 13.2. The lowest BCUT2D eigenvalue weighted by molar-refractivity contribution is -0.140. The van der Waals surface area contributed by atoms with Crippen molar-refractivity contribution in [1.82, 2.24) is 20.6 Å². The van der Waals surface area contributed by atoms with Gasteiger partial charge >= 0.3 is 5.97 Å². The molecule has 4 rings (SSSR count). The van der Waals surface area contributed by atoms with Crippen molar-refractivity contribution in [3.05, 3.63) is 66.4 Å². The third kappa shape index (κ3) is 7.15. The Bertz CT molecular complexity index is 1350. The van der Waals surface area contributed by atoms with Gasteiger partial charge in [0.05, 0.1) is 18.9 Å². The number of aromatic nitrogens is 2. The molecule has 1 fully saturated rings. The number of hydrogen-bond donors (Lipinski definition) is 3. The van der Waals surface area contributed by atoms with Gasteiger partial charge in [-0.1, -0.05) is 12.1 Å². The van der Waals surface area contributed by atoms with E-state index in [9.17, 15) is 14.4 Å². The molecule has 0 unspecified atom stereocenters. The lowest BCUT2D eigenvalue weighted by Crippen LogP contribution is -2.43. The van der Waals surface area contributed by atoms with Gasteiger partial charge in [-0.25, -0.2) is 9.97 Å². The Balaban J connectivity index is 1.46. The fourth-order valence-electron chi connectivity index (χ4n) is 4.23. The van der Waals surface area contributed by atoms with E-state index in [1.54, 1.807) is 60.8 Å². The summed E-state index contributed by atoms with van der Waals surface area (Å²) in [6.45, 7) is 1.33. The van der Waals surface area contributed by atoms with Crippen LogP contribution in [0.3, 0.4) is 0 Å². The van der Waals surface area contributed by atoms with Crippen LogP contribution in [-0.2, 0) is 14.3 Å². The third-order valence-corrected chi connectivity index (χ3v) is 6.33. The molecule has 0 atom stereocenters. The summed E-state index contributed by atoms with van der Waals surface area (Å²) in [5.41, 5.74) is 3.20. The van der Waals surface area contributed by atoms with Gasteiger partial charge in [0.15, 0.2) is 0 Å². The van der Waals surface area contributed by atoms with E-state index in [4.69, 9.17) is 10.00 Å². The number of esters is 1. The number of nitrogens with one attached hydrogen (secondary N) is 3. The number of amides is 2. The smallest absolute Gasteiger partial charge is 0.325 e. The van der Waals surface area contributed by atoms with Crippen LogP contribution < -0.4 is 20.9 Å². The van der Waals surface area contributed by atoms with E-state index in [0.717, 1.165) is 31.5 Å². The molecular weight excluding hydrogens is 498 g/mol. The average Bonchev–Trinajstić information content (AvgIpc) is 2.99. The molecule has 1 saturated heterocycles. The van der Waals surface area contributed by atoms with E-state index >= 15 is 0 Å². The number of benzene rings is 2. The lowest BCUT2D eigenvalue weighted by atomic mass is 9.96. The van der Waals surface area contributed by atoms with Crippen molar-refractivity contribution >= 4 is 35.1 Å². The molecule has 1 aromatic heterocycles. The van der Waals surface area contributed by atoms with Crippen molar-refractivity contribution < 1.29 is 19.1 Å². The maximum Gasteiger partial charge on any atom is 0.325 e. The molecule has 0 aliphatic carbocycles. The number of piperidine rings is 1. The molecular formula is C28H29N7O4. The first-order valence-corrected chi connectivity index (χ1v) is 12.5. The van der Waals surface area contributed by atoms with Gasteiger partial charge in [-0.3, -0.25) is 14.4 Å². The molecule has 0 spiro atoms. The van der Waals surface area contributed by atoms with Crippen LogP contribution in [0, 0.1) is 17.2 Å². The highest BCUT2D eigenvalue weighted by Crippen LogP contribution is 2.25. The van der Waals surface area contributed by atoms with Gasteiger partial charge in [-0.15, -0.1) is 0 Å². The number of carbonyl (C=O) groups is 3. The van der Waals surface area contributed by atoms with Crippen LogP contribution in [0.15, 0.2) is 60.8 Å². The molecule has 0 radical (unpaired) electrons. The summed E-state index contributed by atoms with van der Waals surface area (Å²) in [4.78, 5) is 47.6. The monoisotopic (exact) mass is 527 g/mol. The van der Waals surface area contributed by atoms with Crippen molar-refractivity contribution in [3.8, 4) is 17.3 Å². The number of carbonyl (C=O) groups excluding carboxylic acids is 3. The van der Waals surface area contributed by atoms with Crippen LogP contribution in [0.25, 0.3) is 11.3 Å². The Morgan fingerprint density at radius 2 is 1.79 bits per heavy atom. The van der Waals surface area contributed by atoms with E-state index in [0.29, 0.717) is 28.6 Å². The molecule has 1 aliphatic heterocycles. The summed E-state index contributed by atoms with van der Waals surface area (Å²) in [5.74, 6) is -0.675. The fourth-order valence-corrected chi connectivity index (χ4v) is 4.23. The number of anilines is 3. The van der Waals surface area contributed by atoms with Crippen molar-refractivity contribution in [3.63, 3.8) is 0 Å². The first-order valence-electron chi connectivity index (χ1n) is 12.5. The second kappa shape index (κ2) is 13.1. The minimum atomic E-state index is -0.486. The van der Waals surface area contributed by atoms with Crippen molar-refractivity contribution in [2.24, 2.45) is 5.92 Å². The Morgan fingerprint density at radius 3 is 2.46 bits per heavy atom. The highest BCUT2D eigenvalue weighted by molar-refractivity contribution is 5.99. The molecule has 2 amide bonds. The van der Waals surface area contributed by atoms with Crippen LogP contribution in [0.5, 0.6) is 0 Å². The molecule has 11 nitrogen and oxygen atoms in total. The van der Waals surface area contributed by atoms with Gasteiger partial charge in [0.25, 0.3) is 5.91 Å². The lowest BCUT2D eigenvalue weighted by Gasteiger charge is -2.29. The third-order valence-electron chi connectivity index (χ3n) is 6.33. The van der Waals surface area contributed by atoms with Crippen molar-refractivity contribution in [1.29, 1.82) is 5.26 Å². The van der Waals surface area contributed by atoms with Gasteiger partial charge in [-0.2, -0.15) is 5.26 Å². The number of nitriles is 1. The normalized spacial score (nSPS) is 13.1. The topological polar surface area (TPSA) is 149 Å². The number of hydrogen-bond acceptors (Lipinski definition) is 9. The summed E-state index contributed by atoms with van der Waals surface area (Å²) in [7, 11) is 1.30. The molecule has 11 heteroatoms. The number of rotatable bonds is 9. The van der Waals surface area contributed by atoms with Gasteiger partial charge < -0.3 is 25.6 Å². The molecule has 0 saturated carbocycles. The molecule has 0 bridgehead atoms. The number of nitrogens with zero attached hydrogens (tertiary/aromatic N) is 4. The van der Waals surface area contributed by atoms with Gasteiger partial charge in [-0.05, 0) is 68.4 Å². The molecule has 3 aromatic rings. The Hall–Kier alpha value is -4.82. The first-order chi connectivity index (χ1) is 19.0. The number of methoxy groups -OCH3 is 1. The Labute approximate surface area is 226 Å². The zero-order chi connectivity index (χ0) is 27.6. The van der Waals surface area contributed by atoms with E-state index < -0.39 is 5.97 Å². The van der Waals surface area contributed by atoms with Crippen LogP contribution in [-0.4, -0.2) is 61.0 Å². The molecule has 200 valence electrons. The van der Waals surface area contributed by atoms with Gasteiger partial charge in [0.2, 0.25) is 11.9 Å². The van der Waals surface area contributed by atoms with Crippen LogP contribution in [0.1, 0.15) is 23.2 Å².